The highest BCUT2D eigenvalue weighted by Gasteiger charge is 2.45. The van der Waals surface area contributed by atoms with Crippen molar-refractivity contribution in [3.8, 4) is 11.5 Å². The highest BCUT2D eigenvalue weighted by atomic mass is 19.3. The van der Waals surface area contributed by atoms with Gasteiger partial charge in [-0.1, -0.05) is 18.7 Å². The van der Waals surface area contributed by atoms with Gasteiger partial charge in [0.05, 0.1) is 6.54 Å². The molecule has 21 heavy (non-hydrogen) atoms. The zero-order valence-electron chi connectivity index (χ0n) is 11.0. The summed E-state index contributed by atoms with van der Waals surface area (Å²) in [6.45, 7) is 3.21. The summed E-state index contributed by atoms with van der Waals surface area (Å²) in [5, 5.41) is 19.0. The average Bonchev–Trinajstić information content (AvgIpc) is 2.70. The number of halogens is 2. The summed E-state index contributed by atoms with van der Waals surface area (Å²) in [6, 6.07) is 2.69. The number of amides is 1. The summed E-state index contributed by atoms with van der Waals surface area (Å²) >= 11 is 0. The summed E-state index contributed by atoms with van der Waals surface area (Å²) in [4.78, 5) is 11.6. The van der Waals surface area contributed by atoms with Crippen molar-refractivity contribution in [3.63, 3.8) is 0 Å². The van der Waals surface area contributed by atoms with Crippen molar-refractivity contribution in [1.82, 2.24) is 4.90 Å². The number of likely N-dealkylation sites (N-methyl/N-ethyl adjacent to an activating group) is 1. The molecule has 0 fully saturated rings. The van der Waals surface area contributed by atoms with Crippen LogP contribution in [0.1, 0.15) is 17.2 Å². The number of ether oxygens (including phenoxy) is 2. The number of aliphatic hydroxyl groups excluding tert-OH is 1. The van der Waals surface area contributed by atoms with E-state index in [-0.39, 0.29) is 23.6 Å². The van der Waals surface area contributed by atoms with Crippen LogP contribution in [-0.2, 0) is 0 Å². The first-order chi connectivity index (χ1) is 9.75. The van der Waals surface area contributed by atoms with Gasteiger partial charge in [-0.25, -0.2) is 4.79 Å². The van der Waals surface area contributed by atoms with Gasteiger partial charge in [-0.3, -0.25) is 0 Å². The maximum atomic E-state index is 13.2. The minimum absolute atomic E-state index is 0.00720. The molecular weight excluding hydrogens is 288 g/mol. The molecule has 1 aromatic rings. The lowest BCUT2D eigenvalue weighted by molar-refractivity contribution is -0.287. The van der Waals surface area contributed by atoms with E-state index in [2.05, 4.69) is 16.1 Å². The smallest absolute Gasteiger partial charge is 0.465 e. The molecule has 0 saturated heterocycles. The van der Waals surface area contributed by atoms with E-state index in [1.165, 1.54) is 25.3 Å². The third-order valence-electron chi connectivity index (χ3n) is 2.97. The molecule has 8 heteroatoms. The second-order valence-electron chi connectivity index (χ2n) is 4.45. The lowest BCUT2D eigenvalue weighted by Crippen LogP contribution is -2.30. The van der Waals surface area contributed by atoms with Gasteiger partial charge in [0.1, 0.15) is 6.10 Å². The number of carboxylic acid groups (broad SMARTS) is 1. The predicted octanol–water partition coefficient (Wildman–Crippen LogP) is 2.29. The largest absolute Gasteiger partial charge is 0.586 e. The number of nitrogens with zero attached hydrogens (tertiary/aromatic N) is 1. The Labute approximate surface area is 118 Å². The van der Waals surface area contributed by atoms with Crippen LogP contribution < -0.4 is 9.47 Å². The second kappa shape index (κ2) is 5.21. The van der Waals surface area contributed by atoms with Gasteiger partial charge in [-0.2, -0.15) is 0 Å². The molecular formula is C13H13F2NO5. The Kier molecular flexibility index (Phi) is 3.73. The Hall–Kier alpha value is -2.35. The third kappa shape index (κ3) is 2.89. The molecule has 2 rings (SSSR count). The first kappa shape index (κ1) is 15.0. The van der Waals surface area contributed by atoms with E-state index < -0.39 is 18.5 Å². The minimum Gasteiger partial charge on any atom is -0.465 e. The van der Waals surface area contributed by atoms with E-state index in [9.17, 15) is 18.7 Å². The quantitative estimate of drug-likeness (QED) is 0.892. The van der Waals surface area contributed by atoms with Crippen LogP contribution in [0.3, 0.4) is 0 Å². The normalized spacial score (nSPS) is 16.4. The van der Waals surface area contributed by atoms with Crippen LogP contribution in [0.2, 0.25) is 0 Å². The maximum Gasteiger partial charge on any atom is 0.586 e. The molecule has 1 unspecified atom stereocenters. The van der Waals surface area contributed by atoms with Gasteiger partial charge in [0.15, 0.2) is 11.5 Å². The van der Waals surface area contributed by atoms with E-state index in [4.69, 9.17) is 5.11 Å². The standard InChI is InChI=1S/C13H13F2NO5/c1-3-7-4-5-9-11(21-13(14,15)20-9)10(7)8(17)6-16(2)12(18)19/h3-5,8,17H,1,6H2,2H3,(H,18,19). The van der Waals surface area contributed by atoms with Crippen LogP contribution in [0.4, 0.5) is 13.6 Å². The number of alkyl halides is 2. The number of hydrogen-bond donors (Lipinski definition) is 2. The van der Waals surface area contributed by atoms with Crippen LogP contribution in [-0.4, -0.2) is 41.1 Å². The van der Waals surface area contributed by atoms with E-state index >= 15 is 0 Å². The number of benzene rings is 1. The molecule has 1 aromatic carbocycles. The Bertz CT molecular complexity index is 590. The Morgan fingerprint density at radius 2 is 2.19 bits per heavy atom. The first-order valence-electron chi connectivity index (χ1n) is 5.92. The molecule has 1 heterocycles. The summed E-state index contributed by atoms with van der Waals surface area (Å²) in [7, 11) is 1.24. The van der Waals surface area contributed by atoms with Crippen LogP contribution in [0.5, 0.6) is 11.5 Å². The fourth-order valence-electron chi connectivity index (χ4n) is 2.00. The van der Waals surface area contributed by atoms with Crippen LogP contribution >= 0.6 is 0 Å². The van der Waals surface area contributed by atoms with Gasteiger partial charge < -0.3 is 24.6 Å². The highest BCUT2D eigenvalue weighted by molar-refractivity contribution is 5.66. The van der Waals surface area contributed by atoms with E-state index in [0.717, 1.165) is 4.90 Å². The SMILES string of the molecule is C=Cc1ccc2c(c1C(O)CN(C)C(=O)O)OC(F)(F)O2. The lowest BCUT2D eigenvalue weighted by atomic mass is 10.00. The Balaban J connectivity index is 2.41. The Morgan fingerprint density at radius 3 is 2.76 bits per heavy atom. The van der Waals surface area contributed by atoms with E-state index in [1.54, 1.807) is 0 Å². The monoisotopic (exact) mass is 301 g/mol. The first-order valence-corrected chi connectivity index (χ1v) is 5.92. The van der Waals surface area contributed by atoms with Gasteiger partial charge in [0.25, 0.3) is 0 Å². The van der Waals surface area contributed by atoms with E-state index in [0.29, 0.717) is 5.56 Å². The zero-order chi connectivity index (χ0) is 15.8. The second-order valence-corrected chi connectivity index (χ2v) is 4.45. The lowest BCUT2D eigenvalue weighted by Gasteiger charge is -2.20. The minimum atomic E-state index is -3.82. The van der Waals surface area contributed by atoms with Crippen LogP contribution in [0.15, 0.2) is 18.7 Å². The molecule has 0 bridgehead atoms. The van der Waals surface area contributed by atoms with Crippen molar-refractivity contribution in [1.29, 1.82) is 0 Å². The van der Waals surface area contributed by atoms with Crippen molar-refractivity contribution in [3.05, 3.63) is 29.8 Å². The van der Waals surface area contributed by atoms with Gasteiger partial charge in [0.2, 0.25) is 0 Å². The molecule has 2 N–H and O–H groups in total. The van der Waals surface area contributed by atoms with Gasteiger partial charge in [0, 0.05) is 12.6 Å². The molecule has 0 spiro atoms. The summed E-state index contributed by atoms with van der Waals surface area (Å²) in [5.74, 6) is -0.540. The van der Waals surface area contributed by atoms with Crippen molar-refractivity contribution in [2.24, 2.45) is 0 Å². The molecule has 1 aliphatic rings. The van der Waals surface area contributed by atoms with Crippen molar-refractivity contribution in [2.45, 2.75) is 12.4 Å². The molecule has 1 aliphatic heterocycles. The van der Waals surface area contributed by atoms with Gasteiger partial charge >= 0.3 is 12.4 Å². The Morgan fingerprint density at radius 1 is 1.52 bits per heavy atom. The fourth-order valence-corrected chi connectivity index (χ4v) is 2.00. The predicted molar refractivity (Wildman–Crippen MR) is 68.4 cm³/mol. The van der Waals surface area contributed by atoms with Crippen LogP contribution in [0.25, 0.3) is 6.08 Å². The number of fused-ring (bicyclic) bond motifs is 1. The van der Waals surface area contributed by atoms with Crippen LogP contribution in [0, 0.1) is 0 Å². The van der Waals surface area contributed by atoms with E-state index in [1.807, 2.05) is 0 Å². The molecule has 114 valence electrons. The summed E-state index contributed by atoms with van der Waals surface area (Å²) < 4.78 is 35.0. The molecule has 0 radical (unpaired) electrons. The number of hydrogen-bond acceptors (Lipinski definition) is 4. The highest BCUT2D eigenvalue weighted by Crippen LogP contribution is 2.46. The third-order valence-corrected chi connectivity index (χ3v) is 2.97. The molecule has 1 atom stereocenters. The molecule has 0 aromatic heterocycles. The van der Waals surface area contributed by atoms with Crippen molar-refractivity contribution >= 4 is 12.2 Å². The zero-order valence-corrected chi connectivity index (χ0v) is 11.0. The average molecular weight is 301 g/mol. The maximum absolute atomic E-state index is 13.2. The number of rotatable bonds is 4. The van der Waals surface area contributed by atoms with Gasteiger partial charge in [-0.15, -0.1) is 8.78 Å². The summed E-state index contributed by atoms with van der Waals surface area (Å²) in [6.07, 6.45) is -5.11. The molecule has 6 nitrogen and oxygen atoms in total. The fraction of sp³-hybridized carbons (Fsp3) is 0.308. The molecule has 0 saturated carbocycles. The van der Waals surface area contributed by atoms with Gasteiger partial charge in [-0.05, 0) is 11.6 Å². The van der Waals surface area contributed by atoms with Crippen molar-refractivity contribution < 1.29 is 33.3 Å². The molecule has 0 aliphatic carbocycles. The molecule has 1 amide bonds. The topological polar surface area (TPSA) is 79.2 Å². The number of carbonyl (C=O) groups is 1. The van der Waals surface area contributed by atoms with Crippen molar-refractivity contribution in [2.75, 3.05) is 13.6 Å². The number of aliphatic hydroxyl groups is 1. The summed E-state index contributed by atoms with van der Waals surface area (Å²) in [5.41, 5.74) is 0.356.